The normalized spacial score (nSPS) is 11.3. The fourth-order valence-electron chi connectivity index (χ4n) is 3.05. The van der Waals surface area contributed by atoms with Crippen molar-refractivity contribution in [3.05, 3.63) is 64.4 Å². The van der Waals surface area contributed by atoms with Gasteiger partial charge < -0.3 is 9.88 Å². The summed E-state index contributed by atoms with van der Waals surface area (Å²) in [5, 5.41) is 3.69. The van der Waals surface area contributed by atoms with Crippen LogP contribution in [-0.2, 0) is 13.0 Å². The van der Waals surface area contributed by atoms with Crippen LogP contribution < -0.4 is 5.32 Å². The molecule has 0 unspecified atom stereocenters. The van der Waals surface area contributed by atoms with Gasteiger partial charge in [0.1, 0.15) is 5.82 Å². The number of amides is 1. The number of aromatic nitrogens is 2. The minimum absolute atomic E-state index is 0.0653. The van der Waals surface area contributed by atoms with Crippen LogP contribution in [0.3, 0.4) is 0 Å². The second-order valence-corrected chi connectivity index (χ2v) is 7.19. The first-order valence-electron chi connectivity index (χ1n) is 9.03. The molecule has 0 saturated carbocycles. The monoisotopic (exact) mass is 369 g/mol. The number of benzene rings is 2. The van der Waals surface area contributed by atoms with Crippen LogP contribution in [-0.4, -0.2) is 21.5 Å². The van der Waals surface area contributed by atoms with Crippen molar-refractivity contribution in [3.8, 4) is 0 Å². The van der Waals surface area contributed by atoms with E-state index in [1.807, 2.05) is 56.3 Å². The lowest BCUT2D eigenvalue weighted by atomic mass is 10.1. The van der Waals surface area contributed by atoms with Crippen molar-refractivity contribution < 1.29 is 4.79 Å². The number of halogens is 1. The van der Waals surface area contributed by atoms with Gasteiger partial charge in [-0.3, -0.25) is 4.79 Å². The molecule has 136 valence electrons. The van der Waals surface area contributed by atoms with E-state index in [0.29, 0.717) is 12.1 Å². The molecule has 26 heavy (non-hydrogen) atoms. The van der Waals surface area contributed by atoms with Gasteiger partial charge >= 0.3 is 0 Å². The smallest absolute Gasteiger partial charge is 0.251 e. The lowest BCUT2D eigenvalue weighted by Crippen LogP contribution is -2.30. The summed E-state index contributed by atoms with van der Waals surface area (Å²) >= 11 is 6.36. The summed E-state index contributed by atoms with van der Waals surface area (Å²) in [4.78, 5) is 17.2. The molecule has 0 aliphatic heterocycles. The third-order valence-electron chi connectivity index (χ3n) is 4.27. The van der Waals surface area contributed by atoms with Gasteiger partial charge in [0.25, 0.3) is 5.91 Å². The Morgan fingerprint density at radius 1 is 1.23 bits per heavy atom. The fraction of sp³-hybridized carbons (Fsp3) is 0.333. The predicted molar refractivity (Wildman–Crippen MR) is 107 cm³/mol. The fourth-order valence-corrected chi connectivity index (χ4v) is 3.24. The Labute approximate surface area is 159 Å². The molecule has 1 amide bonds. The van der Waals surface area contributed by atoms with E-state index in [4.69, 9.17) is 16.6 Å². The van der Waals surface area contributed by atoms with Crippen molar-refractivity contribution in [1.29, 1.82) is 0 Å². The topological polar surface area (TPSA) is 46.9 Å². The molecule has 0 aliphatic carbocycles. The van der Waals surface area contributed by atoms with Crippen LogP contribution in [0.5, 0.6) is 0 Å². The summed E-state index contributed by atoms with van der Waals surface area (Å²) in [7, 11) is 0. The van der Waals surface area contributed by atoms with Crippen molar-refractivity contribution >= 4 is 28.5 Å². The Morgan fingerprint density at radius 3 is 2.69 bits per heavy atom. The highest BCUT2D eigenvalue weighted by molar-refractivity contribution is 6.31. The number of hydrogen-bond donors (Lipinski definition) is 1. The Balaban J connectivity index is 2.07. The second kappa shape index (κ2) is 7.92. The first-order chi connectivity index (χ1) is 12.5. The van der Waals surface area contributed by atoms with Crippen LogP contribution in [0.25, 0.3) is 11.0 Å². The van der Waals surface area contributed by atoms with Crippen molar-refractivity contribution in [2.45, 2.75) is 46.2 Å². The zero-order valence-electron chi connectivity index (χ0n) is 15.4. The Hall–Kier alpha value is -2.33. The minimum atomic E-state index is -0.0653. The number of carbonyl (C=O) groups is 1. The summed E-state index contributed by atoms with van der Waals surface area (Å²) in [6.45, 7) is 6.69. The van der Waals surface area contributed by atoms with Gasteiger partial charge in [0.15, 0.2) is 0 Å². The molecule has 0 radical (unpaired) electrons. The van der Waals surface area contributed by atoms with Gasteiger partial charge in [0, 0.05) is 23.0 Å². The van der Waals surface area contributed by atoms with Crippen molar-refractivity contribution in [2.24, 2.45) is 0 Å². The van der Waals surface area contributed by atoms with Gasteiger partial charge in [0.05, 0.1) is 17.6 Å². The van der Waals surface area contributed by atoms with E-state index < -0.39 is 0 Å². The van der Waals surface area contributed by atoms with Crippen molar-refractivity contribution in [1.82, 2.24) is 14.9 Å². The van der Waals surface area contributed by atoms with E-state index in [-0.39, 0.29) is 11.9 Å². The molecule has 1 aromatic heterocycles. The quantitative estimate of drug-likeness (QED) is 0.676. The van der Waals surface area contributed by atoms with Gasteiger partial charge in [-0.2, -0.15) is 0 Å². The maximum Gasteiger partial charge on any atom is 0.251 e. The van der Waals surface area contributed by atoms with E-state index in [1.165, 1.54) is 0 Å². The summed E-state index contributed by atoms with van der Waals surface area (Å²) in [5.41, 5.74) is 3.56. The number of nitrogens with zero attached hydrogens (tertiary/aromatic N) is 2. The summed E-state index contributed by atoms with van der Waals surface area (Å²) in [5.74, 6) is 0.952. The molecule has 0 saturated heterocycles. The van der Waals surface area contributed by atoms with E-state index in [0.717, 1.165) is 40.3 Å². The summed E-state index contributed by atoms with van der Waals surface area (Å²) in [6, 6.07) is 13.6. The Morgan fingerprint density at radius 2 is 2.00 bits per heavy atom. The number of fused-ring (bicyclic) bond motifs is 1. The molecule has 3 aromatic rings. The molecule has 0 atom stereocenters. The first kappa shape index (κ1) is 18.5. The Kier molecular flexibility index (Phi) is 5.62. The molecule has 3 rings (SSSR count). The van der Waals surface area contributed by atoms with Crippen molar-refractivity contribution in [2.75, 3.05) is 0 Å². The summed E-state index contributed by atoms with van der Waals surface area (Å²) in [6.07, 6.45) is 1.89. The number of nitrogens with one attached hydrogen (secondary N) is 1. The molecular weight excluding hydrogens is 346 g/mol. The average Bonchev–Trinajstić information content (AvgIpc) is 2.93. The molecular formula is C21H24ClN3O. The maximum atomic E-state index is 12.4. The SMILES string of the molecule is CCCc1nc2ccc(C(=O)NC(C)C)cc2n1Cc1ccccc1Cl. The zero-order chi connectivity index (χ0) is 18.7. The number of imidazole rings is 1. The maximum absolute atomic E-state index is 12.4. The van der Waals surface area contributed by atoms with E-state index in [1.54, 1.807) is 0 Å². The lowest BCUT2D eigenvalue weighted by molar-refractivity contribution is 0.0943. The largest absolute Gasteiger partial charge is 0.350 e. The molecule has 0 spiro atoms. The summed E-state index contributed by atoms with van der Waals surface area (Å²) < 4.78 is 2.17. The molecule has 0 fully saturated rings. The van der Waals surface area contributed by atoms with E-state index >= 15 is 0 Å². The first-order valence-corrected chi connectivity index (χ1v) is 9.40. The highest BCUT2D eigenvalue weighted by atomic mass is 35.5. The molecule has 2 aromatic carbocycles. The van der Waals surface area contributed by atoms with Gasteiger partial charge in [0.2, 0.25) is 0 Å². The van der Waals surface area contributed by atoms with E-state index in [2.05, 4.69) is 16.8 Å². The Bertz CT molecular complexity index is 930. The molecule has 1 N–H and O–H groups in total. The lowest BCUT2D eigenvalue weighted by Gasteiger charge is -2.12. The van der Waals surface area contributed by atoms with Crippen LogP contribution in [0.15, 0.2) is 42.5 Å². The van der Waals surface area contributed by atoms with Crippen LogP contribution in [0.4, 0.5) is 0 Å². The third kappa shape index (κ3) is 3.91. The number of aryl methyl sites for hydroxylation is 1. The molecule has 5 heteroatoms. The average molecular weight is 370 g/mol. The van der Waals surface area contributed by atoms with Gasteiger partial charge in [-0.25, -0.2) is 4.98 Å². The zero-order valence-corrected chi connectivity index (χ0v) is 16.2. The molecule has 1 heterocycles. The number of rotatable bonds is 6. The number of hydrogen-bond acceptors (Lipinski definition) is 2. The van der Waals surface area contributed by atoms with Gasteiger partial charge in [-0.05, 0) is 50.1 Å². The number of carbonyl (C=O) groups excluding carboxylic acids is 1. The molecule has 0 aliphatic rings. The predicted octanol–water partition coefficient (Wildman–Crippen LogP) is 4.83. The molecule has 0 bridgehead atoms. The van der Waals surface area contributed by atoms with E-state index in [9.17, 15) is 4.79 Å². The van der Waals surface area contributed by atoms with Crippen molar-refractivity contribution in [3.63, 3.8) is 0 Å². The van der Waals surface area contributed by atoms with Gasteiger partial charge in [-0.15, -0.1) is 0 Å². The standard InChI is InChI=1S/C21H24ClN3O/c1-4-7-20-24-18-11-10-15(21(26)23-14(2)3)12-19(18)25(20)13-16-8-5-6-9-17(16)22/h5-6,8-12,14H,4,7,13H2,1-3H3,(H,23,26). The van der Waals surface area contributed by atoms with Crippen LogP contribution in [0, 0.1) is 0 Å². The van der Waals surface area contributed by atoms with Crippen LogP contribution >= 0.6 is 11.6 Å². The highest BCUT2D eigenvalue weighted by Gasteiger charge is 2.15. The molecule has 4 nitrogen and oxygen atoms in total. The van der Waals surface area contributed by atoms with Crippen LogP contribution in [0.1, 0.15) is 48.9 Å². The van der Waals surface area contributed by atoms with Gasteiger partial charge in [-0.1, -0.05) is 36.7 Å². The highest BCUT2D eigenvalue weighted by Crippen LogP contribution is 2.23. The third-order valence-corrected chi connectivity index (χ3v) is 4.64. The van der Waals surface area contributed by atoms with Crippen LogP contribution in [0.2, 0.25) is 5.02 Å². The minimum Gasteiger partial charge on any atom is -0.350 e. The second-order valence-electron chi connectivity index (χ2n) is 6.79.